The van der Waals surface area contributed by atoms with Crippen LogP contribution in [0, 0.1) is 0 Å². The van der Waals surface area contributed by atoms with Gasteiger partial charge in [0.2, 0.25) is 0 Å². The molecule has 0 spiro atoms. The summed E-state index contributed by atoms with van der Waals surface area (Å²) in [4.78, 5) is 16.6. The van der Waals surface area contributed by atoms with E-state index in [4.69, 9.17) is 16.7 Å². The lowest BCUT2D eigenvalue weighted by atomic mass is 10.1. The second kappa shape index (κ2) is 6.24. The molecule has 0 fully saturated rings. The molecule has 0 saturated heterocycles. The second-order valence-corrected chi connectivity index (χ2v) is 6.48. The minimum atomic E-state index is -0.948. The smallest absolute Gasteiger partial charge is 0.335 e. The Morgan fingerprint density at radius 2 is 2.20 bits per heavy atom. The van der Waals surface area contributed by atoms with E-state index in [0.29, 0.717) is 12.4 Å². The topological polar surface area (TPSA) is 62.2 Å². The second-order valence-electron chi connectivity index (χ2n) is 4.69. The first-order chi connectivity index (χ1) is 9.45. The lowest BCUT2D eigenvalue weighted by Gasteiger charge is -2.10. The Kier molecular flexibility index (Phi) is 4.62. The number of halogens is 1. The number of nitrogens with one attached hydrogen (secondary N) is 1. The molecule has 2 aromatic heterocycles. The van der Waals surface area contributed by atoms with Crippen molar-refractivity contribution in [1.29, 1.82) is 0 Å². The number of nitrogens with zero attached hydrogens (tertiary/aromatic N) is 1. The SMILES string of the molecule is CC(C)c1cc(C(=O)O)cc(NCc2ccc(Cl)s2)n1. The van der Waals surface area contributed by atoms with Crippen LogP contribution in [-0.2, 0) is 6.54 Å². The molecule has 0 amide bonds. The molecule has 0 radical (unpaired) electrons. The average molecular weight is 311 g/mol. The fraction of sp³-hybridized carbons (Fsp3) is 0.286. The van der Waals surface area contributed by atoms with Crippen LogP contribution in [0.25, 0.3) is 0 Å². The number of carbonyl (C=O) groups is 1. The van der Waals surface area contributed by atoms with Crippen molar-refractivity contribution >= 4 is 34.7 Å². The molecule has 0 unspecified atom stereocenters. The molecule has 20 heavy (non-hydrogen) atoms. The quantitative estimate of drug-likeness (QED) is 0.867. The summed E-state index contributed by atoms with van der Waals surface area (Å²) >= 11 is 7.36. The zero-order valence-electron chi connectivity index (χ0n) is 11.2. The Balaban J connectivity index is 2.19. The lowest BCUT2D eigenvalue weighted by molar-refractivity contribution is 0.0696. The summed E-state index contributed by atoms with van der Waals surface area (Å²) in [6.45, 7) is 4.54. The van der Waals surface area contributed by atoms with Crippen LogP contribution in [0.15, 0.2) is 24.3 Å². The standard InChI is InChI=1S/C14H15ClN2O2S/c1-8(2)11-5-9(14(18)19)6-13(17-11)16-7-10-3-4-12(15)20-10/h3-6,8H,7H2,1-2H3,(H,16,17)(H,18,19). The summed E-state index contributed by atoms with van der Waals surface area (Å²) in [5.74, 6) is -0.208. The van der Waals surface area contributed by atoms with Gasteiger partial charge in [-0.15, -0.1) is 11.3 Å². The average Bonchev–Trinajstić information content (AvgIpc) is 2.81. The number of rotatable bonds is 5. The van der Waals surface area contributed by atoms with Crippen molar-refractivity contribution in [2.75, 3.05) is 5.32 Å². The number of carboxylic acids is 1. The van der Waals surface area contributed by atoms with Crippen LogP contribution < -0.4 is 5.32 Å². The molecule has 6 heteroatoms. The van der Waals surface area contributed by atoms with Crippen LogP contribution in [0.5, 0.6) is 0 Å². The number of hydrogen-bond acceptors (Lipinski definition) is 4. The molecule has 2 rings (SSSR count). The number of anilines is 1. The van der Waals surface area contributed by atoms with E-state index in [1.165, 1.54) is 11.3 Å². The van der Waals surface area contributed by atoms with Gasteiger partial charge in [0.05, 0.1) is 16.4 Å². The number of pyridine rings is 1. The Labute approximate surface area is 126 Å². The highest BCUT2D eigenvalue weighted by Crippen LogP contribution is 2.23. The fourth-order valence-corrected chi connectivity index (χ4v) is 2.71. The first-order valence-electron chi connectivity index (χ1n) is 6.19. The number of aromatic carboxylic acids is 1. The lowest BCUT2D eigenvalue weighted by Crippen LogP contribution is -2.06. The Hall–Kier alpha value is -1.59. The summed E-state index contributed by atoms with van der Waals surface area (Å²) < 4.78 is 0.733. The normalized spacial score (nSPS) is 10.8. The third-order valence-corrected chi connectivity index (χ3v) is 3.99. The zero-order chi connectivity index (χ0) is 14.7. The van der Waals surface area contributed by atoms with E-state index < -0.39 is 5.97 Å². The monoisotopic (exact) mass is 310 g/mol. The maximum atomic E-state index is 11.1. The highest BCUT2D eigenvalue weighted by molar-refractivity contribution is 7.16. The van der Waals surface area contributed by atoms with Crippen molar-refractivity contribution in [2.45, 2.75) is 26.3 Å². The van der Waals surface area contributed by atoms with E-state index in [1.807, 2.05) is 26.0 Å². The van der Waals surface area contributed by atoms with Gasteiger partial charge >= 0.3 is 5.97 Å². The summed E-state index contributed by atoms with van der Waals surface area (Å²) in [7, 11) is 0. The molecule has 2 aromatic rings. The van der Waals surface area contributed by atoms with E-state index in [2.05, 4.69) is 10.3 Å². The van der Waals surface area contributed by atoms with E-state index in [1.54, 1.807) is 12.1 Å². The van der Waals surface area contributed by atoms with Crippen molar-refractivity contribution in [3.63, 3.8) is 0 Å². The highest BCUT2D eigenvalue weighted by atomic mass is 35.5. The number of thiophene rings is 1. The van der Waals surface area contributed by atoms with E-state index in [0.717, 1.165) is 14.9 Å². The summed E-state index contributed by atoms with van der Waals surface area (Å²) in [6.07, 6.45) is 0. The maximum absolute atomic E-state index is 11.1. The molecule has 0 aliphatic heterocycles. The van der Waals surface area contributed by atoms with Crippen molar-refractivity contribution in [3.05, 3.63) is 44.7 Å². The van der Waals surface area contributed by atoms with Crippen LogP contribution in [0.3, 0.4) is 0 Å². The van der Waals surface area contributed by atoms with Gasteiger partial charge < -0.3 is 10.4 Å². The van der Waals surface area contributed by atoms with Gasteiger partial charge in [0.1, 0.15) is 5.82 Å². The molecular weight excluding hydrogens is 296 g/mol. The van der Waals surface area contributed by atoms with E-state index in [-0.39, 0.29) is 11.5 Å². The van der Waals surface area contributed by atoms with Gasteiger partial charge in [-0.1, -0.05) is 25.4 Å². The molecule has 106 valence electrons. The van der Waals surface area contributed by atoms with Gasteiger partial charge in [0.15, 0.2) is 0 Å². The summed E-state index contributed by atoms with van der Waals surface area (Å²) in [5, 5.41) is 12.3. The minimum absolute atomic E-state index is 0.172. The summed E-state index contributed by atoms with van der Waals surface area (Å²) in [6, 6.07) is 6.93. The van der Waals surface area contributed by atoms with Gasteiger partial charge in [-0.25, -0.2) is 9.78 Å². The van der Waals surface area contributed by atoms with Gasteiger partial charge in [-0.2, -0.15) is 0 Å². The van der Waals surface area contributed by atoms with Gasteiger partial charge in [0.25, 0.3) is 0 Å². The van der Waals surface area contributed by atoms with Crippen LogP contribution in [-0.4, -0.2) is 16.1 Å². The van der Waals surface area contributed by atoms with Gasteiger partial charge in [-0.3, -0.25) is 0 Å². The predicted octanol–water partition coefficient (Wildman–Crippen LogP) is 4.23. The Bertz CT molecular complexity index is 625. The van der Waals surface area contributed by atoms with Crippen LogP contribution in [0.2, 0.25) is 4.34 Å². The molecule has 2 N–H and O–H groups in total. The minimum Gasteiger partial charge on any atom is -0.478 e. The van der Waals surface area contributed by atoms with Crippen LogP contribution >= 0.6 is 22.9 Å². The third kappa shape index (κ3) is 3.71. The van der Waals surface area contributed by atoms with E-state index in [9.17, 15) is 4.79 Å². The molecule has 0 bridgehead atoms. The Morgan fingerprint density at radius 1 is 1.45 bits per heavy atom. The van der Waals surface area contributed by atoms with Crippen LogP contribution in [0.4, 0.5) is 5.82 Å². The zero-order valence-corrected chi connectivity index (χ0v) is 12.8. The van der Waals surface area contributed by atoms with Crippen molar-refractivity contribution in [3.8, 4) is 0 Å². The first-order valence-corrected chi connectivity index (χ1v) is 7.38. The van der Waals surface area contributed by atoms with Gasteiger partial charge in [0, 0.05) is 10.6 Å². The maximum Gasteiger partial charge on any atom is 0.335 e. The first kappa shape index (κ1) is 14.8. The number of carboxylic acid groups (broad SMARTS) is 1. The van der Waals surface area contributed by atoms with Crippen LogP contribution in [0.1, 0.15) is 40.7 Å². The molecule has 0 atom stereocenters. The van der Waals surface area contributed by atoms with Crippen molar-refractivity contribution < 1.29 is 9.90 Å². The largest absolute Gasteiger partial charge is 0.478 e. The molecule has 2 heterocycles. The predicted molar refractivity (Wildman–Crippen MR) is 81.9 cm³/mol. The molecule has 0 saturated carbocycles. The fourth-order valence-electron chi connectivity index (χ4n) is 1.69. The molecule has 4 nitrogen and oxygen atoms in total. The number of hydrogen-bond donors (Lipinski definition) is 2. The number of aromatic nitrogens is 1. The van der Waals surface area contributed by atoms with Gasteiger partial charge in [-0.05, 0) is 30.2 Å². The van der Waals surface area contributed by atoms with E-state index >= 15 is 0 Å². The third-order valence-electron chi connectivity index (χ3n) is 2.76. The Morgan fingerprint density at radius 3 is 2.75 bits per heavy atom. The van der Waals surface area contributed by atoms with Crippen molar-refractivity contribution in [1.82, 2.24) is 4.98 Å². The highest BCUT2D eigenvalue weighted by Gasteiger charge is 2.11. The molecule has 0 aliphatic carbocycles. The molecular formula is C14H15ClN2O2S. The molecule has 0 aliphatic rings. The summed E-state index contributed by atoms with van der Waals surface area (Å²) in [5.41, 5.74) is 1.01. The van der Waals surface area contributed by atoms with Crippen molar-refractivity contribution in [2.24, 2.45) is 0 Å². The molecule has 0 aromatic carbocycles.